The van der Waals surface area contributed by atoms with E-state index in [1.165, 1.54) is 0 Å². The average molecular weight is 305 g/mol. The molecule has 0 radical (unpaired) electrons. The SMILES string of the molecule is COc1ccc(NC(=O)N2CCC[C@@H]2C(=O)NC(C)C)cc1. The van der Waals surface area contributed by atoms with E-state index in [1.54, 1.807) is 36.3 Å². The number of urea groups is 1. The van der Waals surface area contributed by atoms with Gasteiger partial charge in [0.15, 0.2) is 0 Å². The molecule has 2 N–H and O–H groups in total. The molecule has 1 heterocycles. The van der Waals surface area contributed by atoms with E-state index in [-0.39, 0.29) is 24.0 Å². The minimum atomic E-state index is -0.388. The maximum Gasteiger partial charge on any atom is 0.322 e. The van der Waals surface area contributed by atoms with Gasteiger partial charge in [0.05, 0.1) is 7.11 Å². The summed E-state index contributed by atoms with van der Waals surface area (Å²) in [7, 11) is 1.59. The van der Waals surface area contributed by atoms with Crippen molar-refractivity contribution < 1.29 is 14.3 Å². The first kappa shape index (κ1) is 16.1. The zero-order chi connectivity index (χ0) is 16.1. The van der Waals surface area contributed by atoms with E-state index in [9.17, 15) is 9.59 Å². The Morgan fingerprint density at radius 2 is 1.95 bits per heavy atom. The maximum absolute atomic E-state index is 12.4. The van der Waals surface area contributed by atoms with Gasteiger partial charge < -0.3 is 20.3 Å². The summed E-state index contributed by atoms with van der Waals surface area (Å²) in [4.78, 5) is 26.1. The predicted octanol–water partition coefficient (Wildman–Crippen LogP) is 2.22. The normalized spacial score (nSPS) is 17.5. The molecule has 6 nitrogen and oxygen atoms in total. The lowest BCUT2D eigenvalue weighted by Crippen LogP contribution is -2.48. The number of nitrogens with zero attached hydrogens (tertiary/aromatic N) is 1. The number of methoxy groups -OCH3 is 1. The number of hydrogen-bond acceptors (Lipinski definition) is 3. The number of rotatable bonds is 4. The zero-order valence-corrected chi connectivity index (χ0v) is 13.3. The van der Waals surface area contributed by atoms with Gasteiger partial charge in [-0.1, -0.05) is 0 Å². The number of benzene rings is 1. The number of hydrogen-bond donors (Lipinski definition) is 2. The second-order valence-corrected chi connectivity index (χ2v) is 5.67. The summed E-state index contributed by atoms with van der Waals surface area (Å²) in [6.45, 7) is 4.42. The van der Waals surface area contributed by atoms with Crippen molar-refractivity contribution in [2.24, 2.45) is 0 Å². The third-order valence-electron chi connectivity index (χ3n) is 3.59. The summed E-state index contributed by atoms with van der Waals surface area (Å²) < 4.78 is 5.08. The van der Waals surface area contributed by atoms with Gasteiger partial charge in [0.1, 0.15) is 11.8 Å². The van der Waals surface area contributed by atoms with Crippen LogP contribution in [0.1, 0.15) is 26.7 Å². The van der Waals surface area contributed by atoms with Crippen molar-refractivity contribution >= 4 is 17.6 Å². The third kappa shape index (κ3) is 3.90. The van der Waals surface area contributed by atoms with Crippen molar-refractivity contribution in [1.82, 2.24) is 10.2 Å². The summed E-state index contributed by atoms with van der Waals surface area (Å²) in [5.74, 6) is 0.644. The molecule has 0 aromatic heterocycles. The van der Waals surface area contributed by atoms with Gasteiger partial charge in [0.2, 0.25) is 5.91 Å². The molecule has 0 aliphatic carbocycles. The summed E-state index contributed by atoms with van der Waals surface area (Å²) in [5, 5.41) is 5.70. The van der Waals surface area contributed by atoms with Crippen molar-refractivity contribution in [3.63, 3.8) is 0 Å². The molecule has 6 heteroatoms. The molecule has 1 saturated heterocycles. The van der Waals surface area contributed by atoms with Gasteiger partial charge in [-0.2, -0.15) is 0 Å². The molecule has 0 bridgehead atoms. The Balaban J connectivity index is 1.99. The molecule has 1 aromatic rings. The van der Waals surface area contributed by atoms with E-state index in [4.69, 9.17) is 4.74 Å². The Morgan fingerprint density at radius 1 is 1.27 bits per heavy atom. The van der Waals surface area contributed by atoms with Crippen molar-refractivity contribution in [2.45, 2.75) is 38.8 Å². The molecule has 0 saturated carbocycles. The first-order valence-electron chi connectivity index (χ1n) is 7.53. The van der Waals surface area contributed by atoms with E-state index >= 15 is 0 Å². The molecule has 1 fully saturated rings. The van der Waals surface area contributed by atoms with Crippen molar-refractivity contribution in [3.05, 3.63) is 24.3 Å². The molecular weight excluding hydrogens is 282 g/mol. The lowest BCUT2D eigenvalue weighted by Gasteiger charge is -2.25. The maximum atomic E-state index is 12.4. The fraction of sp³-hybridized carbons (Fsp3) is 0.500. The molecule has 3 amide bonds. The molecule has 120 valence electrons. The highest BCUT2D eigenvalue weighted by molar-refractivity contribution is 5.94. The lowest BCUT2D eigenvalue weighted by molar-refractivity contribution is -0.125. The van der Waals surface area contributed by atoms with Gasteiger partial charge in [-0.05, 0) is 51.0 Å². The summed E-state index contributed by atoms with van der Waals surface area (Å²) in [5.41, 5.74) is 0.681. The molecule has 1 aliphatic rings. The van der Waals surface area contributed by atoms with E-state index < -0.39 is 0 Å². The molecule has 2 rings (SSSR count). The minimum absolute atomic E-state index is 0.0691. The Bertz CT molecular complexity index is 528. The van der Waals surface area contributed by atoms with Gasteiger partial charge in [0.25, 0.3) is 0 Å². The van der Waals surface area contributed by atoms with Crippen LogP contribution < -0.4 is 15.4 Å². The Labute approximate surface area is 130 Å². The number of carbonyl (C=O) groups is 2. The lowest BCUT2D eigenvalue weighted by atomic mass is 10.2. The standard InChI is InChI=1S/C16H23N3O3/c1-11(2)17-15(20)14-5-4-10-19(14)16(21)18-12-6-8-13(22-3)9-7-12/h6-9,11,14H,4-5,10H2,1-3H3,(H,17,20)(H,18,21)/t14-/m1/s1. The Morgan fingerprint density at radius 3 is 2.55 bits per heavy atom. The first-order chi connectivity index (χ1) is 10.5. The van der Waals surface area contributed by atoms with Gasteiger partial charge in [-0.25, -0.2) is 4.79 Å². The molecule has 1 aromatic carbocycles. The second kappa shape index (κ2) is 7.15. The Hall–Kier alpha value is -2.24. The van der Waals surface area contributed by atoms with Crippen LogP contribution in [0.25, 0.3) is 0 Å². The topological polar surface area (TPSA) is 70.7 Å². The van der Waals surface area contributed by atoms with E-state index in [2.05, 4.69) is 10.6 Å². The van der Waals surface area contributed by atoms with Gasteiger partial charge in [-0.15, -0.1) is 0 Å². The van der Waals surface area contributed by atoms with Crippen LogP contribution in [0.4, 0.5) is 10.5 Å². The van der Waals surface area contributed by atoms with Crippen LogP contribution in [0.15, 0.2) is 24.3 Å². The molecule has 22 heavy (non-hydrogen) atoms. The Kier molecular flexibility index (Phi) is 5.25. The number of carbonyl (C=O) groups excluding carboxylic acids is 2. The van der Waals surface area contributed by atoms with Crippen LogP contribution in [0.3, 0.4) is 0 Å². The molecular formula is C16H23N3O3. The van der Waals surface area contributed by atoms with Crippen LogP contribution in [0.5, 0.6) is 5.75 Å². The number of anilines is 1. The third-order valence-corrected chi connectivity index (χ3v) is 3.59. The van der Waals surface area contributed by atoms with Crippen LogP contribution in [-0.2, 0) is 4.79 Å². The van der Waals surface area contributed by atoms with Gasteiger partial charge >= 0.3 is 6.03 Å². The van der Waals surface area contributed by atoms with Gasteiger partial charge in [0, 0.05) is 18.3 Å². The first-order valence-corrected chi connectivity index (χ1v) is 7.53. The highest BCUT2D eigenvalue weighted by Crippen LogP contribution is 2.20. The highest BCUT2D eigenvalue weighted by atomic mass is 16.5. The van der Waals surface area contributed by atoms with Crippen molar-refractivity contribution in [3.8, 4) is 5.75 Å². The molecule has 1 aliphatic heterocycles. The summed E-state index contributed by atoms with van der Waals surface area (Å²) in [6, 6.07) is 6.55. The largest absolute Gasteiger partial charge is 0.497 e. The van der Waals surface area contributed by atoms with Crippen LogP contribution in [0.2, 0.25) is 0 Å². The van der Waals surface area contributed by atoms with Crippen LogP contribution >= 0.6 is 0 Å². The smallest absolute Gasteiger partial charge is 0.322 e. The molecule has 1 atom stereocenters. The predicted molar refractivity (Wildman–Crippen MR) is 85.0 cm³/mol. The monoisotopic (exact) mass is 305 g/mol. The molecule has 0 unspecified atom stereocenters. The summed E-state index contributed by atoms with van der Waals surface area (Å²) >= 11 is 0. The quantitative estimate of drug-likeness (QED) is 0.896. The van der Waals surface area contributed by atoms with Crippen molar-refractivity contribution in [1.29, 1.82) is 0 Å². The average Bonchev–Trinajstić information content (AvgIpc) is 2.97. The fourth-order valence-electron chi connectivity index (χ4n) is 2.53. The van der Waals surface area contributed by atoms with E-state index in [1.807, 2.05) is 13.8 Å². The summed E-state index contributed by atoms with van der Waals surface area (Å²) in [6.07, 6.45) is 1.54. The zero-order valence-electron chi connectivity index (χ0n) is 13.3. The van der Waals surface area contributed by atoms with Crippen LogP contribution in [-0.4, -0.2) is 42.6 Å². The number of amides is 3. The van der Waals surface area contributed by atoms with E-state index in [0.717, 1.165) is 12.2 Å². The fourth-order valence-corrected chi connectivity index (χ4v) is 2.53. The van der Waals surface area contributed by atoms with E-state index in [0.29, 0.717) is 18.7 Å². The number of nitrogens with one attached hydrogen (secondary N) is 2. The number of likely N-dealkylation sites (tertiary alicyclic amines) is 1. The highest BCUT2D eigenvalue weighted by Gasteiger charge is 2.34. The van der Waals surface area contributed by atoms with Gasteiger partial charge in [-0.3, -0.25) is 4.79 Å². The molecule has 0 spiro atoms. The number of ether oxygens (including phenoxy) is 1. The van der Waals surface area contributed by atoms with Crippen LogP contribution in [0, 0.1) is 0 Å². The van der Waals surface area contributed by atoms with Crippen molar-refractivity contribution in [2.75, 3.05) is 19.0 Å². The second-order valence-electron chi connectivity index (χ2n) is 5.67. The minimum Gasteiger partial charge on any atom is -0.497 e.